The monoisotopic (exact) mass is 207 g/mol. The van der Waals surface area contributed by atoms with Crippen molar-refractivity contribution in [2.24, 2.45) is 0 Å². The third kappa shape index (κ3) is 2.10. The molecule has 1 rings (SSSR count). The molecule has 0 bridgehead atoms. The van der Waals surface area contributed by atoms with Crippen molar-refractivity contribution in [2.75, 3.05) is 0 Å². The summed E-state index contributed by atoms with van der Waals surface area (Å²) in [6.07, 6.45) is 9.50. The third-order valence-corrected chi connectivity index (χ3v) is 0.655. The first-order valence-corrected chi connectivity index (χ1v) is 1.82. The van der Waals surface area contributed by atoms with Crippen LogP contribution >= 0.6 is 0 Å². The van der Waals surface area contributed by atoms with Gasteiger partial charge in [0, 0.05) is 41.3 Å². The summed E-state index contributed by atoms with van der Waals surface area (Å²) >= 11 is 0. The van der Waals surface area contributed by atoms with Crippen LogP contribution in [0.5, 0.6) is 0 Å². The van der Waals surface area contributed by atoms with Gasteiger partial charge in [0.1, 0.15) is 0 Å². The molecule has 0 spiro atoms. The van der Waals surface area contributed by atoms with Gasteiger partial charge in [-0.1, -0.05) is 24.3 Å². The fourth-order valence-electron chi connectivity index (χ4n) is 0.393. The molecule has 0 saturated carbocycles. The van der Waals surface area contributed by atoms with Crippen molar-refractivity contribution in [2.45, 2.75) is 6.42 Å². The van der Waals surface area contributed by atoms with E-state index in [2.05, 4.69) is 24.3 Å². The van der Waals surface area contributed by atoms with E-state index in [9.17, 15) is 0 Å². The van der Waals surface area contributed by atoms with Gasteiger partial charge in [-0.25, -0.2) is 0 Å². The Bertz CT molecular complexity index is 62.0. The average Bonchev–Trinajstić information content (AvgIpc) is 1.76. The van der Waals surface area contributed by atoms with E-state index in [1.807, 2.05) is 0 Å². The predicted octanol–water partition coefficient (Wildman–Crippen LogP) is 1.50. The fraction of sp³-hybridized carbons (Fsp3) is 0.200. The van der Waals surface area contributed by atoms with Gasteiger partial charge in [-0.3, -0.25) is 0 Å². The number of hydrogen-bond acceptors (Lipinski definition) is 0. The summed E-state index contributed by atoms with van der Waals surface area (Å²) in [6, 6.07) is 0. The van der Waals surface area contributed by atoms with Gasteiger partial charge in [0.05, 0.1) is 0 Å². The van der Waals surface area contributed by atoms with Gasteiger partial charge in [0.15, 0.2) is 0 Å². The van der Waals surface area contributed by atoms with Crippen LogP contribution in [0.15, 0.2) is 24.3 Å². The molecule has 0 aliphatic heterocycles. The molecular formula is C5H6Pr. The van der Waals surface area contributed by atoms with Crippen molar-refractivity contribution in [3.63, 3.8) is 0 Å². The van der Waals surface area contributed by atoms with Crippen molar-refractivity contribution in [1.82, 2.24) is 0 Å². The Balaban J connectivity index is 0.000000250. The Hall–Kier alpha value is 0.844. The average molecular weight is 207 g/mol. The molecule has 6 heavy (non-hydrogen) atoms. The van der Waals surface area contributed by atoms with Crippen LogP contribution in [0, 0.1) is 41.3 Å². The zero-order valence-corrected chi connectivity index (χ0v) is 7.30. The molecule has 0 aromatic carbocycles. The van der Waals surface area contributed by atoms with Crippen LogP contribution < -0.4 is 0 Å². The molecular weight excluding hydrogens is 201 g/mol. The van der Waals surface area contributed by atoms with Crippen LogP contribution in [-0.2, 0) is 0 Å². The Morgan fingerprint density at radius 1 is 1.00 bits per heavy atom. The Morgan fingerprint density at radius 2 is 1.50 bits per heavy atom. The maximum absolute atomic E-state index is 2.12. The molecule has 0 amide bonds. The quantitative estimate of drug-likeness (QED) is 0.564. The standard InChI is InChI=1S/C5H6.Pr/c1-2-4-5-3-1;/h1-4H,5H2;. The van der Waals surface area contributed by atoms with Gasteiger partial charge in [-0.05, 0) is 6.42 Å². The van der Waals surface area contributed by atoms with Crippen LogP contribution in [0.25, 0.3) is 0 Å². The summed E-state index contributed by atoms with van der Waals surface area (Å²) in [6.45, 7) is 0. The summed E-state index contributed by atoms with van der Waals surface area (Å²) in [5.74, 6) is 0. The summed E-state index contributed by atoms with van der Waals surface area (Å²) in [5.41, 5.74) is 0. The Kier molecular flexibility index (Phi) is 4.58. The van der Waals surface area contributed by atoms with E-state index in [4.69, 9.17) is 0 Å². The molecule has 0 heterocycles. The minimum atomic E-state index is 0. The van der Waals surface area contributed by atoms with Crippen molar-refractivity contribution in [3.8, 4) is 0 Å². The third-order valence-electron chi connectivity index (χ3n) is 0.655. The van der Waals surface area contributed by atoms with Gasteiger partial charge in [0.2, 0.25) is 0 Å². The summed E-state index contributed by atoms with van der Waals surface area (Å²) in [4.78, 5) is 0. The predicted molar refractivity (Wildman–Crippen MR) is 22.9 cm³/mol. The molecule has 0 nitrogen and oxygen atoms in total. The van der Waals surface area contributed by atoms with Gasteiger partial charge in [0.25, 0.3) is 0 Å². The van der Waals surface area contributed by atoms with Crippen LogP contribution in [0.3, 0.4) is 0 Å². The van der Waals surface area contributed by atoms with E-state index in [0.29, 0.717) is 0 Å². The van der Waals surface area contributed by atoms with E-state index in [1.165, 1.54) is 0 Å². The SMILES string of the molecule is C1=CCC=C1.[Pr]. The number of allylic oxidation sites excluding steroid dienone is 4. The van der Waals surface area contributed by atoms with Crippen molar-refractivity contribution < 1.29 is 41.3 Å². The van der Waals surface area contributed by atoms with Crippen molar-refractivity contribution in [3.05, 3.63) is 24.3 Å². The minimum absolute atomic E-state index is 0. The summed E-state index contributed by atoms with van der Waals surface area (Å²) < 4.78 is 0. The molecule has 1 aliphatic rings. The van der Waals surface area contributed by atoms with Crippen LogP contribution in [0.2, 0.25) is 0 Å². The second kappa shape index (κ2) is 4.01. The van der Waals surface area contributed by atoms with E-state index in [0.717, 1.165) is 6.42 Å². The second-order valence-electron chi connectivity index (χ2n) is 1.09. The van der Waals surface area contributed by atoms with Crippen molar-refractivity contribution in [1.29, 1.82) is 0 Å². The van der Waals surface area contributed by atoms with Gasteiger partial charge in [-0.2, -0.15) is 0 Å². The Morgan fingerprint density at radius 3 is 1.67 bits per heavy atom. The van der Waals surface area contributed by atoms with Crippen LogP contribution in [0.1, 0.15) is 6.42 Å². The number of rotatable bonds is 0. The van der Waals surface area contributed by atoms with E-state index in [-0.39, 0.29) is 41.3 Å². The zero-order chi connectivity index (χ0) is 3.54. The maximum atomic E-state index is 2.12. The molecule has 0 N–H and O–H groups in total. The topological polar surface area (TPSA) is 0 Å². The first kappa shape index (κ1) is 6.84. The molecule has 0 aromatic heterocycles. The molecule has 0 saturated heterocycles. The Labute approximate surface area is 71.3 Å². The molecule has 1 radical (unpaired) electrons. The van der Waals surface area contributed by atoms with Gasteiger partial charge >= 0.3 is 0 Å². The normalized spacial score (nSPS) is 14.7. The molecule has 0 fully saturated rings. The first-order chi connectivity index (χ1) is 2.50. The molecule has 0 atom stereocenters. The van der Waals surface area contributed by atoms with Gasteiger partial charge in [-0.15, -0.1) is 0 Å². The molecule has 29 valence electrons. The smallest absolute Gasteiger partial charge is 0 e. The number of hydrogen-bond donors (Lipinski definition) is 0. The fourth-order valence-corrected chi connectivity index (χ4v) is 0.393. The van der Waals surface area contributed by atoms with Crippen molar-refractivity contribution >= 4 is 0 Å². The summed E-state index contributed by atoms with van der Waals surface area (Å²) in [5, 5.41) is 0. The van der Waals surface area contributed by atoms with E-state index >= 15 is 0 Å². The second-order valence-corrected chi connectivity index (χ2v) is 1.09. The van der Waals surface area contributed by atoms with Crippen LogP contribution in [-0.4, -0.2) is 0 Å². The minimum Gasteiger partial charge on any atom is -0.0808 e. The van der Waals surface area contributed by atoms with E-state index < -0.39 is 0 Å². The zero-order valence-electron chi connectivity index (χ0n) is 3.59. The maximum Gasteiger partial charge on any atom is 0 e. The molecule has 0 aromatic rings. The molecule has 1 heteroatoms. The van der Waals surface area contributed by atoms with Gasteiger partial charge < -0.3 is 0 Å². The molecule has 1 aliphatic carbocycles. The first-order valence-electron chi connectivity index (χ1n) is 1.82. The molecule has 0 unspecified atom stereocenters. The largest absolute Gasteiger partial charge is 0.0808 e. The van der Waals surface area contributed by atoms with Crippen LogP contribution in [0.4, 0.5) is 0 Å². The van der Waals surface area contributed by atoms with E-state index in [1.54, 1.807) is 0 Å². The summed E-state index contributed by atoms with van der Waals surface area (Å²) in [7, 11) is 0.